The van der Waals surface area contributed by atoms with Gasteiger partial charge in [0.25, 0.3) is 0 Å². The van der Waals surface area contributed by atoms with Crippen LogP contribution in [0.2, 0.25) is 10.0 Å². The normalized spacial score (nSPS) is 22.2. The Bertz CT molecular complexity index is 597. The van der Waals surface area contributed by atoms with Crippen molar-refractivity contribution in [3.8, 4) is 0 Å². The van der Waals surface area contributed by atoms with Gasteiger partial charge in [-0.1, -0.05) is 59.6 Å². The molecule has 0 radical (unpaired) electrons. The zero-order chi connectivity index (χ0) is 14.7. The van der Waals surface area contributed by atoms with E-state index in [0.717, 1.165) is 31.0 Å². The summed E-state index contributed by atoms with van der Waals surface area (Å²) in [6.07, 6.45) is 2.20. The monoisotopic (exact) mass is 319 g/mol. The van der Waals surface area contributed by atoms with Gasteiger partial charge >= 0.3 is 0 Å². The summed E-state index contributed by atoms with van der Waals surface area (Å²) in [5.41, 5.74) is 2.63. The number of hydrogen-bond acceptors (Lipinski definition) is 1. The molecule has 0 aliphatic carbocycles. The van der Waals surface area contributed by atoms with Crippen LogP contribution in [-0.4, -0.2) is 13.1 Å². The molecule has 2 aromatic carbocycles. The Balaban J connectivity index is 1.84. The lowest BCUT2D eigenvalue weighted by molar-refractivity contribution is 0.324. The molecule has 3 heteroatoms. The van der Waals surface area contributed by atoms with Crippen LogP contribution in [0.1, 0.15) is 23.5 Å². The van der Waals surface area contributed by atoms with Crippen LogP contribution in [0.5, 0.6) is 0 Å². The molecule has 110 valence electrons. The van der Waals surface area contributed by atoms with Crippen LogP contribution in [-0.2, 0) is 6.42 Å². The standard InChI is InChI=1S/C18H19Cl2N/c19-15-6-7-17(18(20)11-15)16-8-9-21-12-14(16)10-13-4-2-1-3-5-13/h1-7,11,14,16,21H,8-10,12H2. The van der Waals surface area contributed by atoms with Crippen LogP contribution in [0.25, 0.3) is 0 Å². The first kappa shape index (κ1) is 14.9. The molecular formula is C18H19Cl2N. The molecule has 1 aliphatic rings. The van der Waals surface area contributed by atoms with Crippen molar-refractivity contribution in [1.82, 2.24) is 5.32 Å². The van der Waals surface area contributed by atoms with E-state index in [1.807, 2.05) is 12.1 Å². The second-order valence-electron chi connectivity index (χ2n) is 5.71. The van der Waals surface area contributed by atoms with Gasteiger partial charge in [0.1, 0.15) is 0 Å². The molecule has 2 unspecified atom stereocenters. The summed E-state index contributed by atoms with van der Waals surface area (Å²) < 4.78 is 0. The van der Waals surface area contributed by atoms with Crippen molar-refractivity contribution in [2.45, 2.75) is 18.8 Å². The average Bonchev–Trinajstić information content (AvgIpc) is 2.49. The van der Waals surface area contributed by atoms with Gasteiger partial charge in [-0.2, -0.15) is 0 Å². The molecule has 0 aromatic heterocycles. The van der Waals surface area contributed by atoms with Crippen molar-refractivity contribution in [2.75, 3.05) is 13.1 Å². The van der Waals surface area contributed by atoms with Crippen molar-refractivity contribution in [3.05, 3.63) is 69.7 Å². The van der Waals surface area contributed by atoms with E-state index in [0.29, 0.717) is 16.9 Å². The topological polar surface area (TPSA) is 12.0 Å². The van der Waals surface area contributed by atoms with Crippen LogP contribution >= 0.6 is 23.2 Å². The zero-order valence-corrected chi connectivity index (χ0v) is 13.4. The Morgan fingerprint density at radius 2 is 1.86 bits per heavy atom. The third-order valence-electron chi connectivity index (χ3n) is 4.31. The first-order valence-corrected chi connectivity index (χ1v) is 8.19. The molecule has 1 N–H and O–H groups in total. The fraction of sp³-hybridized carbons (Fsp3) is 0.333. The van der Waals surface area contributed by atoms with Crippen LogP contribution in [0.15, 0.2) is 48.5 Å². The van der Waals surface area contributed by atoms with E-state index < -0.39 is 0 Å². The predicted octanol–water partition coefficient (Wildman–Crippen LogP) is 4.93. The van der Waals surface area contributed by atoms with Crippen molar-refractivity contribution >= 4 is 23.2 Å². The number of piperidine rings is 1. The van der Waals surface area contributed by atoms with Gasteiger partial charge in [0, 0.05) is 10.0 Å². The Morgan fingerprint density at radius 1 is 1.05 bits per heavy atom. The molecule has 0 bridgehead atoms. The summed E-state index contributed by atoms with van der Waals surface area (Å²) in [5, 5.41) is 5.02. The van der Waals surface area contributed by atoms with Crippen LogP contribution in [0.4, 0.5) is 0 Å². The summed E-state index contributed by atoms with van der Waals surface area (Å²) in [7, 11) is 0. The van der Waals surface area contributed by atoms with Gasteiger partial charge in [-0.25, -0.2) is 0 Å². The third kappa shape index (κ3) is 3.60. The molecule has 1 saturated heterocycles. The molecule has 1 aliphatic heterocycles. The Hall–Kier alpha value is -1.02. The quantitative estimate of drug-likeness (QED) is 0.845. The number of hydrogen-bond donors (Lipinski definition) is 1. The van der Waals surface area contributed by atoms with E-state index in [-0.39, 0.29) is 0 Å². The summed E-state index contributed by atoms with van der Waals surface area (Å²) >= 11 is 12.5. The second-order valence-corrected chi connectivity index (χ2v) is 6.56. The molecule has 1 heterocycles. The van der Waals surface area contributed by atoms with E-state index in [4.69, 9.17) is 23.2 Å². The van der Waals surface area contributed by atoms with Gasteiger partial charge in [0.15, 0.2) is 0 Å². The highest BCUT2D eigenvalue weighted by Gasteiger charge is 2.28. The van der Waals surface area contributed by atoms with Crippen molar-refractivity contribution < 1.29 is 0 Å². The van der Waals surface area contributed by atoms with Gasteiger partial charge in [0.05, 0.1) is 0 Å². The largest absolute Gasteiger partial charge is 0.316 e. The van der Waals surface area contributed by atoms with Crippen LogP contribution in [0.3, 0.4) is 0 Å². The molecule has 2 aromatic rings. The minimum Gasteiger partial charge on any atom is -0.316 e. The first-order valence-electron chi connectivity index (χ1n) is 7.43. The van der Waals surface area contributed by atoms with Crippen LogP contribution in [0, 0.1) is 5.92 Å². The highest BCUT2D eigenvalue weighted by Crippen LogP contribution is 2.37. The molecule has 0 saturated carbocycles. The summed E-state index contributed by atoms with van der Waals surface area (Å²) in [6, 6.07) is 16.6. The maximum atomic E-state index is 6.43. The van der Waals surface area contributed by atoms with E-state index in [1.54, 1.807) is 0 Å². The molecule has 21 heavy (non-hydrogen) atoms. The lowest BCUT2D eigenvalue weighted by atomic mass is 9.78. The summed E-state index contributed by atoms with van der Waals surface area (Å²) in [4.78, 5) is 0. The predicted molar refractivity (Wildman–Crippen MR) is 90.3 cm³/mol. The van der Waals surface area contributed by atoms with Gasteiger partial charge in [-0.15, -0.1) is 0 Å². The first-order chi connectivity index (χ1) is 10.2. The van der Waals surface area contributed by atoms with Crippen molar-refractivity contribution in [2.24, 2.45) is 5.92 Å². The van der Waals surface area contributed by atoms with Gasteiger partial charge in [0.2, 0.25) is 0 Å². The summed E-state index contributed by atoms with van der Waals surface area (Å²) in [5.74, 6) is 1.07. The number of halogens is 2. The number of nitrogens with one attached hydrogen (secondary N) is 1. The Labute approximate surface area is 136 Å². The zero-order valence-electron chi connectivity index (χ0n) is 11.9. The smallest absolute Gasteiger partial charge is 0.0455 e. The number of benzene rings is 2. The molecular weight excluding hydrogens is 301 g/mol. The van der Waals surface area contributed by atoms with E-state index in [1.165, 1.54) is 11.1 Å². The highest BCUT2D eigenvalue weighted by molar-refractivity contribution is 6.35. The molecule has 1 nitrogen and oxygen atoms in total. The maximum Gasteiger partial charge on any atom is 0.0455 e. The Kier molecular flexibility index (Phi) is 4.84. The van der Waals surface area contributed by atoms with Gasteiger partial charge in [-0.3, -0.25) is 0 Å². The van der Waals surface area contributed by atoms with Gasteiger partial charge in [-0.05, 0) is 61.0 Å². The van der Waals surface area contributed by atoms with Gasteiger partial charge < -0.3 is 5.32 Å². The fourth-order valence-corrected chi connectivity index (χ4v) is 3.81. The molecule has 0 spiro atoms. The summed E-state index contributed by atoms with van der Waals surface area (Å²) in [6.45, 7) is 2.09. The van der Waals surface area contributed by atoms with E-state index in [9.17, 15) is 0 Å². The van der Waals surface area contributed by atoms with Crippen molar-refractivity contribution in [3.63, 3.8) is 0 Å². The van der Waals surface area contributed by atoms with E-state index >= 15 is 0 Å². The fourth-order valence-electron chi connectivity index (χ4n) is 3.27. The second kappa shape index (κ2) is 6.83. The lowest BCUT2D eigenvalue weighted by Crippen LogP contribution is -2.36. The molecule has 2 atom stereocenters. The third-order valence-corrected chi connectivity index (χ3v) is 4.87. The minimum absolute atomic E-state index is 0.497. The SMILES string of the molecule is Clc1ccc(C2CCNCC2Cc2ccccc2)c(Cl)c1. The molecule has 1 fully saturated rings. The number of rotatable bonds is 3. The molecule has 0 amide bonds. The van der Waals surface area contributed by atoms with Crippen LogP contribution < -0.4 is 5.32 Å². The lowest BCUT2D eigenvalue weighted by Gasteiger charge is -2.33. The average molecular weight is 320 g/mol. The van der Waals surface area contributed by atoms with E-state index in [2.05, 4.69) is 41.7 Å². The maximum absolute atomic E-state index is 6.43. The Morgan fingerprint density at radius 3 is 2.62 bits per heavy atom. The van der Waals surface area contributed by atoms with Crippen molar-refractivity contribution in [1.29, 1.82) is 0 Å². The highest BCUT2D eigenvalue weighted by atomic mass is 35.5. The molecule has 3 rings (SSSR count). The minimum atomic E-state index is 0.497.